The van der Waals surface area contributed by atoms with Crippen molar-refractivity contribution in [3.63, 3.8) is 0 Å². The van der Waals surface area contributed by atoms with E-state index in [1.165, 1.54) is 18.2 Å². The fourth-order valence-corrected chi connectivity index (χ4v) is 1.86. The smallest absolute Gasteiger partial charge is 0.335 e. The van der Waals surface area contributed by atoms with Gasteiger partial charge in [0, 0.05) is 5.56 Å². The number of alkyl halides is 2. The molecule has 2 rings (SSSR count). The highest BCUT2D eigenvalue weighted by atomic mass is 19.3. The molecule has 6 heteroatoms. The van der Waals surface area contributed by atoms with Crippen molar-refractivity contribution in [1.82, 2.24) is 0 Å². The van der Waals surface area contributed by atoms with Crippen LogP contribution in [0.25, 0.3) is 0 Å². The van der Waals surface area contributed by atoms with Gasteiger partial charge < -0.3 is 9.47 Å². The summed E-state index contributed by atoms with van der Waals surface area (Å²) in [5.74, 6) is -0.524. The minimum Gasteiger partial charge on any atom is -0.473 e. The molecule has 1 heterocycles. The molecule has 0 radical (unpaired) electrons. The van der Waals surface area contributed by atoms with Crippen LogP contribution in [0.2, 0.25) is 0 Å². The first-order valence-corrected chi connectivity index (χ1v) is 5.85. The summed E-state index contributed by atoms with van der Waals surface area (Å²) in [6.45, 7) is 1.92. The fourth-order valence-electron chi connectivity index (χ4n) is 1.86. The number of aliphatic imine (C=N–C) groups is 1. The lowest BCUT2D eigenvalue weighted by Gasteiger charge is -2.17. The maximum absolute atomic E-state index is 12.6. The Kier molecular flexibility index (Phi) is 4.09. The highest BCUT2D eigenvalue weighted by molar-refractivity contribution is 5.80. The quantitative estimate of drug-likeness (QED) is 0.789. The Morgan fingerprint density at radius 1 is 1.53 bits per heavy atom. The van der Waals surface area contributed by atoms with Crippen LogP contribution in [0.5, 0.6) is 0 Å². The minimum absolute atomic E-state index is 0.115. The zero-order valence-electron chi connectivity index (χ0n) is 10.3. The van der Waals surface area contributed by atoms with Gasteiger partial charge >= 0.3 is 5.97 Å². The number of esters is 1. The van der Waals surface area contributed by atoms with E-state index in [1.54, 1.807) is 13.0 Å². The number of ether oxygens (including phenoxy) is 2. The second kappa shape index (κ2) is 5.77. The molecule has 1 aliphatic heterocycles. The molecule has 0 bridgehead atoms. The van der Waals surface area contributed by atoms with Crippen LogP contribution >= 0.6 is 0 Å². The second-order valence-corrected chi connectivity index (χ2v) is 3.98. The van der Waals surface area contributed by atoms with E-state index in [4.69, 9.17) is 9.47 Å². The molecule has 1 aromatic rings. The number of hydrogen-bond acceptors (Lipinski definition) is 4. The highest BCUT2D eigenvalue weighted by Crippen LogP contribution is 2.30. The predicted molar refractivity (Wildman–Crippen MR) is 64.1 cm³/mol. The van der Waals surface area contributed by atoms with E-state index in [-0.39, 0.29) is 12.2 Å². The Balaban J connectivity index is 2.21. The summed E-state index contributed by atoms with van der Waals surface area (Å²) in [6.07, 6.45) is -2.12. The summed E-state index contributed by atoms with van der Waals surface area (Å²) in [6, 6.07) is 4.92. The van der Waals surface area contributed by atoms with E-state index >= 15 is 0 Å². The van der Waals surface area contributed by atoms with Gasteiger partial charge in [-0.3, -0.25) is 0 Å². The Morgan fingerprint density at radius 2 is 2.32 bits per heavy atom. The average molecular weight is 269 g/mol. The van der Waals surface area contributed by atoms with Crippen LogP contribution in [0.4, 0.5) is 8.78 Å². The number of halogens is 2. The zero-order chi connectivity index (χ0) is 13.8. The Bertz CT molecular complexity index is 491. The molecule has 0 spiro atoms. The minimum atomic E-state index is -2.57. The molecule has 0 fully saturated rings. The summed E-state index contributed by atoms with van der Waals surface area (Å²) in [4.78, 5) is 15.6. The fraction of sp³-hybridized carbons (Fsp3) is 0.385. The molecule has 0 saturated heterocycles. The molecule has 4 nitrogen and oxygen atoms in total. The number of nitrogens with zero attached hydrogens (tertiary/aromatic N) is 1. The SMILES string of the molecule is CCOC(=O)C1N=COC1c1cccc(C(F)F)c1. The standard InChI is InChI=1S/C13H13F2NO3/c1-2-18-13(17)10-11(19-7-16-10)8-4-3-5-9(6-8)12(14)15/h3-7,10-12H,2H2,1H3. The lowest BCUT2D eigenvalue weighted by atomic mass is 10.0. The van der Waals surface area contributed by atoms with Gasteiger partial charge in [-0.2, -0.15) is 0 Å². The number of rotatable bonds is 4. The average Bonchev–Trinajstić information content (AvgIpc) is 2.88. The van der Waals surface area contributed by atoms with E-state index in [2.05, 4.69) is 4.99 Å². The molecule has 0 N–H and O–H groups in total. The largest absolute Gasteiger partial charge is 0.473 e. The van der Waals surface area contributed by atoms with Crippen LogP contribution < -0.4 is 0 Å². The monoisotopic (exact) mass is 269 g/mol. The third-order valence-corrected chi connectivity index (χ3v) is 2.73. The van der Waals surface area contributed by atoms with Crippen molar-refractivity contribution in [1.29, 1.82) is 0 Å². The van der Waals surface area contributed by atoms with E-state index in [9.17, 15) is 13.6 Å². The third-order valence-electron chi connectivity index (χ3n) is 2.73. The summed E-state index contributed by atoms with van der Waals surface area (Å²) >= 11 is 0. The van der Waals surface area contributed by atoms with Gasteiger partial charge in [-0.05, 0) is 18.6 Å². The molecule has 0 aliphatic carbocycles. The molecule has 0 saturated carbocycles. The van der Waals surface area contributed by atoms with Crippen molar-refractivity contribution in [2.45, 2.75) is 25.5 Å². The van der Waals surface area contributed by atoms with Gasteiger partial charge in [0.15, 0.2) is 18.5 Å². The molecular formula is C13H13F2NO3. The van der Waals surface area contributed by atoms with E-state index in [0.717, 1.165) is 6.40 Å². The Labute approximate surface area is 109 Å². The van der Waals surface area contributed by atoms with Gasteiger partial charge in [-0.25, -0.2) is 18.6 Å². The molecule has 1 aromatic carbocycles. The molecule has 2 atom stereocenters. The van der Waals surface area contributed by atoms with Crippen molar-refractivity contribution < 1.29 is 23.0 Å². The van der Waals surface area contributed by atoms with Crippen LogP contribution in [0.3, 0.4) is 0 Å². The maximum Gasteiger partial charge on any atom is 0.335 e. The number of carbonyl (C=O) groups excluding carboxylic acids is 1. The number of benzene rings is 1. The summed E-state index contributed by atoms with van der Waals surface area (Å²) in [5, 5.41) is 0. The van der Waals surface area contributed by atoms with E-state index in [0.29, 0.717) is 5.56 Å². The summed E-state index contributed by atoms with van der Waals surface area (Å²) < 4.78 is 35.4. The van der Waals surface area contributed by atoms with Gasteiger partial charge in [0.25, 0.3) is 6.43 Å². The summed E-state index contributed by atoms with van der Waals surface area (Å²) in [5.41, 5.74) is 0.365. The Hall–Kier alpha value is -1.98. The Morgan fingerprint density at radius 3 is 3.00 bits per heavy atom. The van der Waals surface area contributed by atoms with Crippen LogP contribution in [-0.2, 0) is 14.3 Å². The second-order valence-electron chi connectivity index (χ2n) is 3.98. The van der Waals surface area contributed by atoms with Crippen molar-refractivity contribution in [3.8, 4) is 0 Å². The first-order valence-electron chi connectivity index (χ1n) is 5.85. The van der Waals surface area contributed by atoms with Crippen molar-refractivity contribution in [2.75, 3.05) is 6.61 Å². The highest BCUT2D eigenvalue weighted by Gasteiger charge is 2.35. The number of carbonyl (C=O) groups is 1. The van der Waals surface area contributed by atoms with Crippen molar-refractivity contribution in [3.05, 3.63) is 35.4 Å². The molecule has 0 aromatic heterocycles. The van der Waals surface area contributed by atoms with Crippen LogP contribution in [-0.4, -0.2) is 25.0 Å². The van der Waals surface area contributed by atoms with Gasteiger partial charge in [0.1, 0.15) is 0 Å². The van der Waals surface area contributed by atoms with Gasteiger partial charge in [0.05, 0.1) is 6.61 Å². The van der Waals surface area contributed by atoms with Gasteiger partial charge in [-0.1, -0.05) is 18.2 Å². The lowest BCUT2D eigenvalue weighted by Crippen LogP contribution is -2.26. The molecule has 1 aliphatic rings. The van der Waals surface area contributed by atoms with Crippen molar-refractivity contribution in [2.24, 2.45) is 4.99 Å². The van der Waals surface area contributed by atoms with Gasteiger partial charge in [0.2, 0.25) is 0 Å². The zero-order valence-corrected chi connectivity index (χ0v) is 10.3. The predicted octanol–water partition coefficient (Wildman–Crippen LogP) is 2.66. The first kappa shape index (κ1) is 13.5. The molecular weight excluding hydrogens is 256 g/mol. The lowest BCUT2D eigenvalue weighted by molar-refractivity contribution is -0.146. The van der Waals surface area contributed by atoms with Crippen LogP contribution in [0.1, 0.15) is 30.6 Å². The van der Waals surface area contributed by atoms with Crippen LogP contribution in [0.15, 0.2) is 29.3 Å². The molecule has 2 unspecified atom stereocenters. The topological polar surface area (TPSA) is 47.9 Å². The summed E-state index contributed by atoms with van der Waals surface area (Å²) in [7, 11) is 0. The first-order chi connectivity index (χ1) is 9.13. The van der Waals surface area contributed by atoms with Crippen LogP contribution in [0, 0.1) is 0 Å². The van der Waals surface area contributed by atoms with E-state index in [1.807, 2.05) is 0 Å². The third kappa shape index (κ3) is 2.89. The van der Waals surface area contributed by atoms with Crippen molar-refractivity contribution >= 4 is 12.4 Å². The molecule has 102 valence electrons. The normalized spacial score (nSPS) is 21.5. The van der Waals surface area contributed by atoms with E-state index < -0.39 is 24.5 Å². The molecule has 19 heavy (non-hydrogen) atoms. The maximum atomic E-state index is 12.6. The van der Waals surface area contributed by atoms with Gasteiger partial charge in [-0.15, -0.1) is 0 Å². The molecule has 0 amide bonds. The number of hydrogen-bond donors (Lipinski definition) is 0.